The summed E-state index contributed by atoms with van der Waals surface area (Å²) in [6.07, 6.45) is 0. The van der Waals surface area contributed by atoms with E-state index in [4.69, 9.17) is 16.2 Å². The summed E-state index contributed by atoms with van der Waals surface area (Å²) < 4.78 is 6.22. The molecule has 5 rings (SSSR count). The molecule has 3 aromatic carbocycles. The molecule has 0 radical (unpaired) electrons. The van der Waals surface area contributed by atoms with Crippen molar-refractivity contribution in [3.63, 3.8) is 0 Å². The molecule has 0 aliphatic carbocycles. The van der Waals surface area contributed by atoms with Crippen LogP contribution in [0.4, 0.5) is 0 Å². The van der Waals surface area contributed by atoms with E-state index in [9.17, 15) is 0 Å². The Labute approximate surface area is 139 Å². The zero-order valence-electron chi connectivity index (χ0n) is 12.3. The molecule has 2 heterocycles. The molecular formula is C20H13OPS. The third-order valence-electron chi connectivity index (χ3n) is 4.49. The van der Waals surface area contributed by atoms with Gasteiger partial charge in [0.1, 0.15) is 11.3 Å². The largest absolute Gasteiger partial charge is 0.455 e. The molecule has 4 aromatic rings. The summed E-state index contributed by atoms with van der Waals surface area (Å²) in [7, 11) is 0. The standard InChI is InChI=1S/C20H13OPS/c23-22(14-8-2-1-3-9-14)18-13-7-5-11-16(18)19-20(22)15-10-4-6-12-17(15)21-19/h1-13H. The summed E-state index contributed by atoms with van der Waals surface area (Å²) in [4.78, 5) is 0. The van der Waals surface area contributed by atoms with Gasteiger partial charge in [-0.05, 0) is 11.4 Å². The molecule has 0 N–H and O–H groups in total. The maximum atomic E-state index is 6.38. The number of rotatable bonds is 1. The van der Waals surface area contributed by atoms with Crippen LogP contribution in [0.3, 0.4) is 0 Å². The molecule has 1 aliphatic rings. The Morgan fingerprint density at radius 3 is 2.30 bits per heavy atom. The van der Waals surface area contributed by atoms with E-state index in [1.54, 1.807) is 0 Å². The van der Waals surface area contributed by atoms with Crippen LogP contribution in [0.5, 0.6) is 0 Å². The highest BCUT2D eigenvalue weighted by atomic mass is 32.4. The van der Waals surface area contributed by atoms with Gasteiger partial charge in [0.25, 0.3) is 0 Å². The average Bonchev–Trinajstić information content (AvgIpc) is 3.12. The van der Waals surface area contributed by atoms with Crippen molar-refractivity contribution in [1.82, 2.24) is 0 Å². The highest BCUT2D eigenvalue weighted by Gasteiger charge is 2.40. The van der Waals surface area contributed by atoms with Gasteiger partial charge in [0.2, 0.25) is 0 Å². The Bertz CT molecular complexity index is 1100. The summed E-state index contributed by atoms with van der Waals surface area (Å²) in [6, 6.07) is 25.1. The van der Waals surface area contributed by atoms with Crippen molar-refractivity contribution in [1.29, 1.82) is 0 Å². The first-order chi connectivity index (χ1) is 11.3. The van der Waals surface area contributed by atoms with Crippen LogP contribution in [0.1, 0.15) is 0 Å². The van der Waals surface area contributed by atoms with E-state index in [0.717, 1.165) is 22.3 Å². The van der Waals surface area contributed by atoms with Crippen LogP contribution >= 0.6 is 6.04 Å². The van der Waals surface area contributed by atoms with Gasteiger partial charge in [-0.1, -0.05) is 84.6 Å². The van der Waals surface area contributed by atoms with Crippen LogP contribution in [-0.2, 0) is 11.8 Å². The minimum absolute atomic E-state index is 0.928. The molecule has 110 valence electrons. The summed E-state index contributed by atoms with van der Waals surface area (Å²) >= 11 is 6.38. The predicted molar refractivity (Wildman–Crippen MR) is 101 cm³/mol. The average molecular weight is 332 g/mol. The van der Waals surface area contributed by atoms with Crippen LogP contribution in [0.2, 0.25) is 0 Å². The Balaban J connectivity index is 1.99. The van der Waals surface area contributed by atoms with Gasteiger partial charge in [0.15, 0.2) is 0 Å². The maximum Gasteiger partial charge on any atom is 0.145 e. The van der Waals surface area contributed by atoms with Crippen LogP contribution in [-0.4, -0.2) is 0 Å². The van der Waals surface area contributed by atoms with E-state index < -0.39 is 6.04 Å². The smallest absolute Gasteiger partial charge is 0.145 e. The summed E-state index contributed by atoms with van der Waals surface area (Å²) in [5.41, 5.74) is 2.09. The molecule has 1 aliphatic heterocycles. The quantitative estimate of drug-likeness (QED) is 0.428. The van der Waals surface area contributed by atoms with Crippen molar-refractivity contribution in [2.24, 2.45) is 0 Å². The first-order valence-corrected chi connectivity index (χ1v) is 10.4. The highest BCUT2D eigenvalue weighted by Crippen LogP contribution is 2.54. The lowest BCUT2D eigenvalue weighted by atomic mass is 10.1. The van der Waals surface area contributed by atoms with Crippen LogP contribution in [0, 0.1) is 0 Å². The Morgan fingerprint density at radius 2 is 1.43 bits per heavy atom. The lowest BCUT2D eigenvalue weighted by Crippen LogP contribution is -2.20. The fourth-order valence-corrected chi connectivity index (χ4v) is 8.04. The van der Waals surface area contributed by atoms with Crippen LogP contribution < -0.4 is 15.9 Å². The third kappa shape index (κ3) is 1.65. The van der Waals surface area contributed by atoms with E-state index in [-0.39, 0.29) is 0 Å². The molecule has 1 unspecified atom stereocenters. The Hall–Kier alpha value is -2.15. The van der Waals surface area contributed by atoms with Crippen molar-refractivity contribution in [2.75, 3.05) is 0 Å². The zero-order chi connectivity index (χ0) is 15.4. The minimum atomic E-state index is -2.06. The van der Waals surface area contributed by atoms with Crippen molar-refractivity contribution in [3.05, 3.63) is 78.9 Å². The van der Waals surface area contributed by atoms with Crippen molar-refractivity contribution >= 4 is 44.7 Å². The second kappa shape index (κ2) is 4.67. The third-order valence-corrected chi connectivity index (χ3v) is 9.43. The number of hydrogen-bond donors (Lipinski definition) is 0. The zero-order valence-corrected chi connectivity index (χ0v) is 14.0. The number of benzene rings is 3. The summed E-state index contributed by atoms with van der Waals surface area (Å²) in [5.74, 6) is 0.967. The van der Waals surface area contributed by atoms with E-state index in [1.807, 2.05) is 18.2 Å². The Morgan fingerprint density at radius 1 is 0.739 bits per heavy atom. The molecule has 0 bridgehead atoms. The van der Waals surface area contributed by atoms with Gasteiger partial charge in [-0.25, -0.2) is 0 Å². The number of furan rings is 1. The van der Waals surface area contributed by atoms with Crippen LogP contribution in [0.25, 0.3) is 22.3 Å². The molecule has 1 nitrogen and oxygen atoms in total. The van der Waals surface area contributed by atoms with Crippen LogP contribution in [0.15, 0.2) is 83.3 Å². The van der Waals surface area contributed by atoms with E-state index in [1.165, 1.54) is 15.9 Å². The summed E-state index contributed by atoms with van der Waals surface area (Å²) in [5, 5.41) is 4.86. The van der Waals surface area contributed by atoms with Gasteiger partial charge < -0.3 is 4.42 Å². The fourth-order valence-electron chi connectivity index (χ4n) is 3.49. The van der Waals surface area contributed by atoms with Gasteiger partial charge in [0.05, 0.1) is 0 Å². The number of hydrogen-bond acceptors (Lipinski definition) is 2. The van der Waals surface area contributed by atoms with Crippen molar-refractivity contribution < 1.29 is 4.42 Å². The number of fused-ring (bicyclic) bond motifs is 5. The summed E-state index contributed by atoms with van der Waals surface area (Å²) in [6.45, 7) is 0. The van der Waals surface area contributed by atoms with Crippen molar-refractivity contribution in [2.45, 2.75) is 0 Å². The van der Waals surface area contributed by atoms with E-state index in [0.29, 0.717) is 0 Å². The molecule has 3 heteroatoms. The van der Waals surface area contributed by atoms with E-state index in [2.05, 4.69) is 60.7 Å². The first-order valence-electron chi connectivity index (χ1n) is 7.58. The minimum Gasteiger partial charge on any atom is -0.455 e. The predicted octanol–water partition coefficient (Wildman–Crippen LogP) is 4.17. The van der Waals surface area contributed by atoms with Gasteiger partial charge >= 0.3 is 0 Å². The molecule has 23 heavy (non-hydrogen) atoms. The molecular weight excluding hydrogens is 319 g/mol. The van der Waals surface area contributed by atoms with Gasteiger partial charge in [0, 0.05) is 27.6 Å². The van der Waals surface area contributed by atoms with Gasteiger partial charge in [-0.15, -0.1) is 0 Å². The molecule has 0 amide bonds. The normalized spacial score (nSPS) is 18.8. The monoisotopic (exact) mass is 332 g/mol. The lowest BCUT2D eigenvalue weighted by molar-refractivity contribution is 0.635. The molecule has 0 saturated carbocycles. The molecule has 0 spiro atoms. The van der Waals surface area contributed by atoms with Crippen molar-refractivity contribution in [3.8, 4) is 11.3 Å². The first kappa shape index (κ1) is 13.3. The maximum absolute atomic E-state index is 6.38. The molecule has 0 fully saturated rings. The fraction of sp³-hybridized carbons (Fsp3) is 0. The van der Waals surface area contributed by atoms with Gasteiger partial charge in [-0.3, -0.25) is 0 Å². The second-order valence-corrected chi connectivity index (χ2v) is 10.0. The molecule has 1 aromatic heterocycles. The highest BCUT2D eigenvalue weighted by molar-refractivity contribution is 8.26. The Kier molecular flexibility index (Phi) is 2.70. The lowest BCUT2D eigenvalue weighted by Gasteiger charge is -2.19. The second-order valence-electron chi connectivity index (χ2n) is 5.74. The van der Waals surface area contributed by atoms with Gasteiger partial charge in [-0.2, -0.15) is 0 Å². The topological polar surface area (TPSA) is 13.1 Å². The molecule has 0 saturated heterocycles. The van der Waals surface area contributed by atoms with E-state index >= 15 is 0 Å². The number of para-hydroxylation sites is 1. The molecule has 1 atom stereocenters. The SMILES string of the molecule is S=P1(c2ccccc2)c2ccccc2-c2oc3ccccc3c21.